The zero-order valence-corrected chi connectivity index (χ0v) is 17.6. The quantitative estimate of drug-likeness (QED) is 0.661. The summed E-state index contributed by atoms with van der Waals surface area (Å²) in [6, 6.07) is 9.65. The molecule has 1 N–H and O–H groups in total. The fourth-order valence-corrected chi connectivity index (χ4v) is 4.25. The first kappa shape index (κ1) is 21.4. The summed E-state index contributed by atoms with van der Waals surface area (Å²) in [5, 5.41) is 13.0. The van der Waals surface area contributed by atoms with Gasteiger partial charge < -0.3 is 19.5 Å². The third-order valence-corrected chi connectivity index (χ3v) is 5.94. The number of hydrogen-bond acceptors (Lipinski definition) is 9. The molecule has 2 saturated heterocycles. The standard InChI is InChI=1S/C22H27N5O4/c1-29-22(28)16(12-23)20-21(26-18-5-3-2-4-17(18)25-20)24-13-19(15-6-9-31-14-15)27-7-10-30-11-8-27/h2-5,15-16,19H,6-11,13-14H2,1H3,(H,24,26)/t15-,16+,19+/m0/s1. The van der Waals surface area contributed by atoms with Gasteiger partial charge in [0.05, 0.1) is 44.0 Å². The van der Waals surface area contributed by atoms with Crippen molar-refractivity contribution >= 4 is 22.8 Å². The van der Waals surface area contributed by atoms with E-state index in [-0.39, 0.29) is 11.7 Å². The molecule has 0 bridgehead atoms. The Hall–Kier alpha value is -2.80. The number of hydrogen-bond donors (Lipinski definition) is 1. The van der Waals surface area contributed by atoms with Crippen LogP contribution in [0.25, 0.3) is 11.0 Å². The monoisotopic (exact) mass is 425 g/mol. The molecule has 3 atom stereocenters. The highest BCUT2D eigenvalue weighted by molar-refractivity contribution is 5.84. The van der Waals surface area contributed by atoms with E-state index < -0.39 is 11.9 Å². The van der Waals surface area contributed by atoms with Crippen molar-refractivity contribution < 1.29 is 19.0 Å². The van der Waals surface area contributed by atoms with E-state index >= 15 is 0 Å². The van der Waals surface area contributed by atoms with Gasteiger partial charge >= 0.3 is 5.97 Å². The molecule has 2 fully saturated rings. The summed E-state index contributed by atoms with van der Waals surface area (Å²) in [4.78, 5) is 24.0. The maximum Gasteiger partial charge on any atom is 0.329 e. The number of anilines is 1. The Balaban J connectivity index is 1.64. The highest BCUT2D eigenvalue weighted by atomic mass is 16.5. The van der Waals surface area contributed by atoms with Crippen molar-refractivity contribution in [2.45, 2.75) is 18.4 Å². The summed E-state index contributed by atoms with van der Waals surface area (Å²) in [7, 11) is 1.27. The van der Waals surface area contributed by atoms with E-state index in [1.165, 1.54) is 7.11 Å². The van der Waals surface area contributed by atoms with Gasteiger partial charge in [-0.05, 0) is 18.6 Å². The number of carbonyl (C=O) groups is 1. The highest BCUT2D eigenvalue weighted by Gasteiger charge is 2.33. The van der Waals surface area contributed by atoms with Gasteiger partial charge in [-0.3, -0.25) is 9.69 Å². The first-order valence-corrected chi connectivity index (χ1v) is 10.6. The number of nitrogens with zero attached hydrogens (tertiary/aromatic N) is 4. The number of benzene rings is 1. The van der Waals surface area contributed by atoms with Crippen molar-refractivity contribution in [2.75, 3.05) is 58.5 Å². The zero-order chi connectivity index (χ0) is 21.6. The van der Waals surface area contributed by atoms with Gasteiger partial charge in [-0.25, -0.2) is 9.97 Å². The molecule has 2 aliphatic heterocycles. The maximum atomic E-state index is 12.2. The first-order chi connectivity index (χ1) is 15.2. The fraction of sp³-hybridized carbons (Fsp3) is 0.545. The molecule has 2 aromatic rings. The van der Waals surface area contributed by atoms with Crippen molar-refractivity contribution in [1.82, 2.24) is 14.9 Å². The Morgan fingerprint density at radius 1 is 1.26 bits per heavy atom. The average molecular weight is 425 g/mol. The minimum Gasteiger partial charge on any atom is -0.468 e. The third-order valence-electron chi connectivity index (χ3n) is 5.94. The Morgan fingerprint density at radius 2 is 2.00 bits per heavy atom. The third kappa shape index (κ3) is 4.77. The molecule has 9 heteroatoms. The van der Waals surface area contributed by atoms with Crippen LogP contribution in [0, 0.1) is 17.2 Å². The number of ether oxygens (including phenoxy) is 3. The molecule has 9 nitrogen and oxygen atoms in total. The van der Waals surface area contributed by atoms with Gasteiger partial charge in [-0.2, -0.15) is 5.26 Å². The van der Waals surface area contributed by atoms with Gasteiger partial charge in [0.2, 0.25) is 0 Å². The number of rotatable bonds is 7. The summed E-state index contributed by atoms with van der Waals surface area (Å²) in [6.45, 7) is 5.25. The summed E-state index contributed by atoms with van der Waals surface area (Å²) in [6.07, 6.45) is 1.00. The molecule has 0 saturated carbocycles. The van der Waals surface area contributed by atoms with Crippen LogP contribution >= 0.6 is 0 Å². The van der Waals surface area contributed by atoms with Gasteiger partial charge in [0.1, 0.15) is 5.69 Å². The highest BCUT2D eigenvalue weighted by Crippen LogP contribution is 2.27. The van der Waals surface area contributed by atoms with Crippen molar-refractivity contribution in [1.29, 1.82) is 5.26 Å². The number of nitrogens with one attached hydrogen (secondary N) is 1. The Morgan fingerprint density at radius 3 is 2.65 bits per heavy atom. The van der Waals surface area contributed by atoms with Crippen LogP contribution in [0.4, 0.5) is 5.82 Å². The molecule has 31 heavy (non-hydrogen) atoms. The molecule has 2 aliphatic rings. The Kier molecular flexibility index (Phi) is 6.92. The molecule has 1 aromatic heterocycles. The second-order valence-electron chi connectivity index (χ2n) is 7.75. The van der Waals surface area contributed by atoms with Gasteiger partial charge in [0, 0.05) is 38.2 Å². The van der Waals surface area contributed by atoms with Gasteiger partial charge in [0.25, 0.3) is 0 Å². The molecule has 4 rings (SSSR count). The summed E-state index contributed by atoms with van der Waals surface area (Å²) >= 11 is 0. The average Bonchev–Trinajstić information content (AvgIpc) is 3.35. The molecule has 0 radical (unpaired) electrons. The van der Waals surface area contributed by atoms with Crippen LogP contribution in [-0.2, 0) is 19.0 Å². The predicted octanol–water partition coefficient (Wildman–Crippen LogP) is 1.56. The Labute approximate surface area is 181 Å². The van der Waals surface area contributed by atoms with Crippen LogP contribution in [0.15, 0.2) is 24.3 Å². The summed E-state index contributed by atoms with van der Waals surface area (Å²) in [5.41, 5.74) is 1.61. The van der Waals surface area contributed by atoms with Crippen LogP contribution < -0.4 is 5.32 Å². The van der Waals surface area contributed by atoms with E-state index in [9.17, 15) is 10.1 Å². The van der Waals surface area contributed by atoms with Gasteiger partial charge in [0.15, 0.2) is 11.7 Å². The number of aromatic nitrogens is 2. The molecule has 0 aliphatic carbocycles. The van der Waals surface area contributed by atoms with Crippen molar-refractivity contribution in [3.8, 4) is 6.07 Å². The van der Waals surface area contributed by atoms with Crippen molar-refractivity contribution in [2.24, 2.45) is 5.92 Å². The summed E-state index contributed by atoms with van der Waals surface area (Å²) < 4.78 is 16.0. The Bertz CT molecular complexity index is 951. The number of methoxy groups -OCH3 is 1. The molecular weight excluding hydrogens is 398 g/mol. The van der Waals surface area contributed by atoms with Crippen molar-refractivity contribution in [3.05, 3.63) is 30.0 Å². The van der Waals surface area contributed by atoms with Crippen LogP contribution in [0.3, 0.4) is 0 Å². The molecule has 0 unspecified atom stereocenters. The first-order valence-electron chi connectivity index (χ1n) is 10.6. The normalized spacial score (nSPS) is 21.4. The molecule has 0 spiro atoms. The molecular formula is C22H27N5O4. The molecule has 3 heterocycles. The van der Waals surface area contributed by atoms with Crippen LogP contribution in [-0.4, -0.2) is 80.1 Å². The van der Waals surface area contributed by atoms with E-state index in [4.69, 9.17) is 19.2 Å². The number of esters is 1. The SMILES string of the molecule is COC(=O)[C@H](C#N)c1nc2ccccc2nc1NC[C@H]([C@H]1CCOC1)N1CCOCC1. The lowest BCUT2D eigenvalue weighted by Gasteiger charge is -2.37. The minimum atomic E-state index is -1.15. The topological polar surface area (TPSA) is 110 Å². The van der Waals surface area contributed by atoms with Gasteiger partial charge in [-0.1, -0.05) is 12.1 Å². The number of morpholine rings is 1. The number of para-hydroxylation sites is 2. The molecule has 0 amide bonds. The zero-order valence-electron chi connectivity index (χ0n) is 17.6. The second-order valence-corrected chi connectivity index (χ2v) is 7.75. The van der Waals surface area contributed by atoms with E-state index in [0.717, 1.165) is 32.7 Å². The maximum absolute atomic E-state index is 12.2. The largest absolute Gasteiger partial charge is 0.468 e. The van der Waals surface area contributed by atoms with E-state index in [0.29, 0.717) is 42.5 Å². The number of nitriles is 1. The second kappa shape index (κ2) is 10.0. The lowest BCUT2D eigenvalue weighted by atomic mass is 9.96. The lowest BCUT2D eigenvalue weighted by molar-refractivity contribution is -0.141. The molecule has 1 aromatic carbocycles. The predicted molar refractivity (Wildman–Crippen MR) is 114 cm³/mol. The van der Waals surface area contributed by atoms with Gasteiger partial charge in [-0.15, -0.1) is 0 Å². The molecule has 164 valence electrons. The number of fused-ring (bicyclic) bond motifs is 1. The van der Waals surface area contributed by atoms with E-state index in [1.807, 2.05) is 30.3 Å². The van der Waals surface area contributed by atoms with Crippen LogP contribution in [0.1, 0.15) is 18.0 Å². The van der Waals surface area contributed by atoms with E-state index in [1.54, 1.807) is 0 Å². The van der Waals surface area contributed by atoms with E-state index in [2.05, 4.69) is 15.2 Å². The number of carbonyl (C=O) groups excluding carboxylic acids is 1. The minimum absolute atomic E-state index is 0.228. The van der Waals surface area contributed by atoms with Crippen LogP contribution in [0.5, 0.6) is 0 Å². The smallest absolute Gasteiger partial charge is 0.329 e. The lowest BCUT2D eigenvalue weighted by Crippen LogP contribution is -2.50. The fourth-order valence-electron chi connectivity index (χ4n) is 4.25. The summed E-state index contributed by atoms with van der Waals surface area (Å²) in [5.74, 6) is -0.965. The van der Waals surface area contributed by atoms with Crippen LogP contribution in [0.2, 0.25) is 0 Å². The van der Waals surface area contributed by atoms with Crippen molar-refractivity contribution in [3.63, 3.8) is 0 Å².